The predicted octanol–water partition coefficient (Wildman–Crippen LogP) is 4.98. The third-order valence-electron chi connectivity index (χ3n) is 14.4. The molecule has 0 bridgehead atoms. The van der Waals surface area contributed by atoms with Crippen molar-refractivity contribution < 1.29 is 66.8 Å². The van der Waals surface area contributed by atoms with Crippen LogP contribution in [-0.2, 0) is 48.4 Å². The molecular formula is C58H66N8O12S4. The van der Waals surface area contributed by atoms with Crippen molar-refractivity contribution in [1.82, 2.24) is 14.7 Å². The second-order valence-electron chi connectivity index (χ2n) is 21.5. The molecule has 5 aromatic rings. The van der Waals surface area contributed by atoms with Crippen molar-refractivity contribution in [3.63, 3.8) is 0 Å². The lowest BCUT2D eigenvalue weighted by Gasteiger charge is -2.42. The number of aryl methyl sites for hydroxylation is 1. The van der Waals surface area contributed by atoms with Crippen molar-refractivity contribution in [2.24, 2.45) is 11.5 Å². The number of rotatable bonds is 10. The number of quaternary nitrogens is 1. The monoisotopic (exact) mass is 1190 g/mol. The van der Waals surface area contributed by atoms with Crippen LogP contribution in [-0.4, -0.2) is 147 Å². The number of carbonyl (C=O) groups excluding carboxylic acids is 5. The van der Waals surface area contributed by atoms with Gasteiger partial charge in [0.2, 0.25) is 18.5 Å². The largest absolute Gasteiger partial charge is 0.744 e. The van der Waals surface area contributed by atoms with E-state index in [1.165, 1.54) is 28.8 Å². The molecule has 0 saturated carbocycles. The lowest BCUT2D eigenvalue weighted by Crippen LogP contribution is -2.83. The second kappa shape index (κ2) is 25.3. The minimum Gasteiger partial charge on any atom is -0.744 e. The number of amides is 3. The number of carbonyl (C=O) groups is 6. The zero-order valence-corrected chi connectivity index (χ0v) is 49.3. The Balaban J connectivity index is 0.000000164. The van der Waals surface area contributed by atoms with E-state index in [1.54, 1.807) is 45.5 Å². The van der Waals surface area contributed by atoms with Crippen molar-refractivity contribution in [3.05, 3.63) is 179 Å². The highest BCUT2D eigenvalue weighted by Gasteiger charge is 2.66. The Labute approximate surface area is 489 Å². The van der Waals surface area contributed by atoms with E-state index in [1.807, 2.05) is 170 Å². The van der Waals surface area contributed by atoms with Gasteiger partial charge < -0.3 is 56.6 Å². The molecule has 11 rings (SSSR count). The quantitative estimate of drug-likeness (QED) is 0.0358. The number of aliphatic carboxylic acids is 1. The molecule has 20 nitrogen and oxygen atoms in total. The highest BCUT2D eigenvalue weighted by atomic mass is 32.2. The fourth-order valence-electron chi connectivity index (χ4n) is 10.4. The molecule has 6 heterocycles. The number of nitrogens with two attached hydrogens (primary N) is 2. The molecule has 6 fully saturated rings. The van der Waals surface area contributed by atoms with Crippen LogP contribution in [0.5, 0.6) is 0 Å². The minimum absolute atomic E-state index is 0.0445. The van der Waals surface area contributed by atoms with E-state index in [9.17, 15) is 41.7 Å². The van der Waals surface area contributed by atoms with Gasteiger partial charge in [0.25, 0.3) is 5.91 Å². The number of carboxylic acids is 1. The van der Waals surface area contributed by atoms with Crippen molar-refractivity contribution in [1.29, 1.82) is 0 Å². The predicted molar refractivity (Wildman–Crippen MR) is 310 cm³/mol. The number of hydrogen-bond acceptors (Lipinski definition) is 16. The first-order chi connectivity index (χ1) is 38.6. The lowest BCUT2D eigenvalue weighted by atomic mass is 9.96. The standard InChI is InChI=1S/2C21H22N2O3S.C8H12N2O3S.C7H8O3S.CH2N2/c2*1-21(2)17(23-18(24)15(22)19(23)27-21)20(25)26-16(13-9-5-3-6-10-13)14-11-7-4-8-12-14;1-8(2)4(7(12)13)10-5(11)3(9)6(10)14-8;1-6-2-4-7(5-3-6)11(8,9)10;1-3-2/h2*3-12,15-17,19H,22H2,1-2H3;3-4,6H,9H2,1-2H3,(H,12,13);2-5H,1H3,(H,8,9,10);1H2/t2*15-,17+,19?;3-,4+,6?;;/m111../s1. The van der Waals surface area contributed by atoms with Crippen LogP contribution in [0, 0.1) is 6.92 Å². The number of carboxylic acid groups (broad SMARTS) is 1. The van der Waals surface area contributed by atoms with E-state index in [0.717, 1.165) is 27.8 Å². The maximum absolute atomic E-state index is 13.2. The summed E-state index contributed by atoms with van der Waals surface area (Å²) in [7, 11) is -4.27. The Morgan fingerprint density at radius 1 is 0.598 bits per heavy atom. The molecule has 0 radical (unpaired) electrons. The Bertz CT molecular complexity index is 3060. The van der Waals surface area contributed by atoms with Crippen LogP contribution in [0.3, 0.4) is 0 Å². The van der Waals surface area contributed by atoms with Gasteiger partial charge in [-0.05, 0) is 82.9 Å². The Morgan fingerprint density at radius 3 is 1.21 bits per heavy atom. The van der Waals surface area contributed by atoms with Crippen molar-refractivity contribution >= 4 is 87.8 Å². The smallest absolute Gasteiger partial charge is 0.331 e. The van der Waals surface area contributed by atoms with Gasteiger partial charge in [0, 0.05) is 14.2 Å². The summed E-state index contributed by atoms with van der Waals surface area (Å²) in [6.45, 7) is 16.0. The average Bonchev–Trinajstić information content (AvgIpc) is 4.22. The zero-order chi connectivity index (χ0) is 60.2. The van der Waals surface area contributed by atoms with E-state index >= 15 is 0 Å². The molecule has 24 heteroatoms. The number of benzene rings is 5. The van der Waals surface area contributed by atoms with Gasteiger partial charge in [0.05, 0.1) is 4.90 Å². The zero-order valence-electron chi connectivity index (χ0n) is 46.1. The van der Waals surface area contributed by atoms with Crippen LogP contribution in [0.25, 0.3) is 5.53 Å². The molecule has 0 aromatic heterocycles. The Hall–Kier alpha value is -6.86. The molecule has 5 aromatic carbocycles. The molecule has 3 unspecified atom stereocenters. The van der Waals surface area contributed by atoms with E-state index in [-0.39, 0.29) is 50.7 Å². The molecule has 3 amide bonds. The van der Waals surface area contributed by atoms with Crippen LogP contribution in [0.4, 0.5) is 0 Å². The number of thioether (sulfide) groups is 3. The number of fused-ring (bicyclic) bond motifs is 3. The Kier molecular flexibility index (Phi) is 19.4. The minimum atomic E-state index is -4.27. The molecule has 434 valence electrons. The van der Waals surface area contributed by atoms with E-state index in [4.69, 9.17) is 31.6 Å². The normalized spacial score (nSPS) is 25.4. The average molecular weight is 1200 g/mol. The first-order valence-electron chi connectivity index (χ1n) is 25.9. The van der Waals surface area contributed by atoms with E-state index < -0.39 is 78.7 Å². The lowest BCUT2D eigenvalue weighted by molar-refractivity contribution is -0.425. The third kappa shape index (κ3) is 13.1. The molecule has 0 aliphatic carbocycles. The third-order valence-corrected chi connectivity index (χ3v) is 20.0. The molecule has 6 aliphatic heterocycles. The summed E-state index contributed by atoms with van der Waals surface area (Å²) in [6.07, 6.45) is -1.03. The van der Waals surface area contributed by atoms with Gasteiger partial charge in [-0.2, -0.15) is 4.79 Å². The van der Waals surface area contributed by atoms with Gasteiger partial charge in [-0.25, -0.2) is 22.8 Å². The van der Waals surface area contributed by atoms with Crippen LogP contribution in [0.15, 0.2) is 150 Å². The fraction of sp³-hybridized carbons (Fsp3) is 0.362. The highest BCUT2D eigenvalue weighted by molar-refractivity contribution is 8.02. The molecule has 0 spiro atoms. The van der Waals surface area contributed by atoms with Gasteiger partial charge in [-0.3, -0.25) is 14.4 Å². The van der Waals surface area contributed by atoms with Crippen LogP contribution in [0.2, 0.25) is 0 Å². The van der Waals surface area contributed by atoms with Crippen LogP contribution in [0.1, 0.15) is 81.6 Å². The van der Waals surface area contributed by atoms with Crippen molar-refractivity contribution in [2.45, 2.75) is 132 Å². The molecule has 9 atom stereocenters. The van der Waals surface area contributed by atoms with Gasteiger partial charge in [-0.15, -0.1) is 35.3 Å². The van der Waals surface area contributed by atoms with E-state index in [2.05, 4.69) is 17.2 Å². The van der Waals surface area contributed by atoms with Crippen molar-refractivity contribution in [3.8, 4) is 0 Å². The first-order valence-corrected chi connectivity index (χ1v) is 29.9. The van der Waals surface area contributed by atoms with Gasteiger partial charge in [0.15, 0.2) is 18.2 Å². The fourth-order valence-corrected chi connectivity index (χ4v) is 15.6. The summed E-state index contributed by atoms with van der Waals surface area (Å²) in [6, 6.07) is 41.1. The molecule has 6 saturated heterocycles. The first kappa shape index (κ1) is 62.7. The molecular weight excluding hydrogens is 1130 g/mol. The highest BCUT2D eigenvalue weighted by Crippen LogP contribution is 2.53. The second-order valence-corrected chi connectivity index (χ2v) is 28.2. The summed E-state index contributed by atoms with van der Waals surface area (Å²) in [4.78, 5) is 80.0. The maximum atomic E-state index is 13.2. The van der Waals surface area contributed by atoms with E-state index in [0.29, 0.717) is 0 Å². The van der Waals surface area contributed by atoms with Crippen LogP contribution >= 0.6 is 35.3 Å². The summed E-state index contributed by atoms with van der Waals surface area (Å²) in [5, 5.41) is 8.67. The Morgan fingerprint density at radius 2 is 0.890 bits per heavy atom. The SMILES string of the molecule is C=[N+]=[N-].CC1(C)SC2[C@H](N)C(=O)N2[C@H]1C(=O)O.CC1(C)SC2[C@H](N)C(=O)N2[C@H]1C(=O)OC(c1ccccc1)c1ccccc1.CC1(C)SC2[C@H]([NH3+])C(=O)N2[C@H]1C(=O)OC(c1ccccc1)c1ccccc1.Cc1ccc(S(=O)(=O)[O-])cc1. The summed E-state index contributed by atoms with van der Waals surface area (Å²) in [5.74, 6) is -2.22. The van der Waals surface area contributed by atoms with Gasteiger partial charge >= 0.3 is 17.9 Å². The summed E-state index contributed by atoms with van der Waals surface area (Å²) in [5.41, 5.74) is 27.0. The summed E-state index contributed by atoms with van der Waals surface area (Å²) >= 11 is 4.66. The molecule has 82 heavy (non-hydrogen) atoms. The maximum Gasteiger partial charge on any atom is 0.331 e. The number of ether oxygens (including phenoxy) is 2. The van der Waals surface area contributed by atoms with Crippen molar-refractivity contribution in [2.75, 3.05) is 0 Å². The number of β-lactam (4-membered cyclic amide) rings is 3. The number of nitrogens with zero attached hydrogens (tertiary/aromatic N) is 5. The summed E-state index contributed by atoms with van der Waals surface area (Å²) < 4.78 is 41.8. The number of hydrogen-bond donors (Lipinski definition) is 4. The molecule has 6 aliphatic rings. The number of esters is 2. The van der Waals surface area contributed by atoms with Crippen LogP contribution < -0.4 is 17.2 Å². The topological polar surface area (TPSA) is 324 Å². The molecule has 8 N–H and O–H groups in total. The van der Waals surface area contributed by atoms with Gasteiger partial charge in [-0.1, -0.05) is 139 Å². The van der Waals surface area contributed by atoms with Gasteiger partial charge in [0.1, 0.15) is 56.4 Å².